The summed E-state index contributed by atoms with van der Waals surface area (Å²) >= 11 is 0. The average Bonchev–Trinajstić information content (AvgIpc) is 2.90. The summed E-state index contributed by atoms with van der Waals surface area (Å²) < 4.78 is 12.8. The molecule has 1 aliphatic rings. The van der Waals surface area contributed by atoms with E-state index >= 15 is 0 Å². The van der Waals surface area contributed by atoms with Crippen LogP contribution < -0.4 is 4.90 Å². The van der Waals surface area contributed by atoms with Crippen LogP contribution in [0.2, 0.25) is 0 Å². The summed E-state index contributed by atoms with van der Waals surface area (Å²) in [6.45, 7) is 0.714. The van der Waals surface area contributed by atoms with E-state index in [1.54, 1.807) is 23.1 Å². The number of benzene rings is 2. The van der Waals surface area contributed by atoms with Crippen molar-refractivity contribution in [3.63, 3.8) is 0 Å². The van der Waals surface area contributed by atoms with Crippen LogP contribution in [-0.2, 0) is 11.2 Å². The Morgan fingerprint density at radius 3 is 2.65 bits per heavy atom. The van der Waals surface area contributed by atoms with Crippen LogP contribution in [0, 0.1) is 5.82 Å². The highest BCUT2D eigenvalue weighted by atomic mass is 19.1. The number of carbonyl (C=O) groups is 1. The van der Waals surface area contributed by atoms with E-state index in [0.29, 0.717) is 6.54 Å². The molecule has 0 aliphatic carbocycles. The van der Waals surface area contributed by atoms with Gasteiger partial charge in [-0.2, -0.15) is 0 Å². The van der Waals surface area contributed by atoms with Crippen LogP contribution in [0.25, 0.3) is 6.08 Å². The first kappa shape index (κ1) is 12.6. The van der Waals surface area contributed by atoms with E-state index in [0.717, 1.165) is 17.7 Å². The highest BCUT2D eigenvalue weighted by Crippen LogP contribution is 2.27. The van der Waals surface area contributed by atoms with Crippen molar-refractivity contribution in [1.82, 2.24) is 0 Å². The minimum atomic E-state index is -0.276. The van der Waals surface area contributed by atoms with Crippen LogP contribution >= 0.6 is 0 Å². The molecule has 0 fully saturated rings. The van der Waals surface area contributed by atoms with Crippen molar-refractivity contribution in [2.24, 2.45) is 0 Å². The van der Waals surface area contributed by atoms with Gasteiger partial charge in [-0.05, 0) is 41.8 Å². The first-order valence-corrected chi connectivity index (χ1v) is 6.57. The number of carbonyl (C=O) groups excluding carboxylic acids is 1. The van der Waals surface area contributed by atoms with E-state index < -0.39 is 0 Å². The molecule has 2 aromatic carbocycles. The van der Waals surface area contributed by atoms with E-state index in [1.165, 1.54) is 23.8 Å². The second-order valence-electron chi connectivity index (χ2n) is 4.75. The fourth-order valence-electron chi connectivity index (χ4n) is 2.40. The maximum Gasteiger partial charge on any atom is 0.251 e. The van der Waals surface area contributed by atoms with E-state index in [-0.39, 0.29) is 11.7 Å². The highest BCUT2D eigenvalue weighted by Gasteiger charge is 2.22. The van der Waals surface area contributed by atoms with Gasteiger partial charge in [-0.1, -0.05) is 30.3 Å². The molecule has 3 rings (SSSR count). The molecular formula is C17H14FNO. The molecule has 0 radical (unpaired) electrons. The fourth-order valence-corrected chi connectivity index (χ4v) is 2.40. The molecule has 1 aliphatic heterocycles. The first-order chi connectivity index (χ1) is 9.74. The molecular weight excluding hydrogens is 253 g/mol. The smallest absolute Gasteiger partial charge is 0.251 e. The number of amides is 1. The molecule has 1 amide bonds. The second kappa shape index (κ2) is 5.29. The van der Waals surface area contributed by atoms with Gasteiger partial charge < -0.3 is 4.90 Å². The van der Waals surface area contributed by atoms with Crippen molar-refractivity contribution in [2.75, 3.05) is 11.4 Å². The van der Waals surface area contributed by atoms with Crippen molar-refractivity contribution in [1.29, 1.82) is 0 Å². The highest BCUT2D eigenvalue weighted by molar-refractivity contribution is 6.05. The number of hydrogen-bond acceptors (Lipinski definition) is 1. The summed E-state index contributed by atoms with van der Waals surface area (Å²) in [6, 6.07) is 14.0. The summed E-state index contributed by atoms with van der Waals surface area (Å²) in [6.07, 6.45) is 4.14. The Hall–Kier alpha value is -2.42. The summed E-state index contributed by atoms with van der Waals surface area (Å²) in [5.41, 5.74) is 3.00. The quantitative estimate of drug-likeness (QED) is 0.763. The van der Waals surface area contributed by atoms with Crippen molar-refractivity contribution in [2.45, 2.75) is 6.42 Å². The molecule has 3 heteroatoms. The Kier molecular flexibility index (Phi) is 3.33. The lowest BCUT2D eigenvalue weighted by Gasteiger charge is -2.14. The van der Waals surface area contributed by atoms with Gasteiger partial charge in [0, 0.05) is 18.3 Å². The summed E-state index contributed by atoms with van der Waals surface area (Å²) in [7, 11) is 0. The van der Waals surface area contributed by atoms with Crippen LogP contribution in [-0.4, -0.2) is 12.5 Å². The Labute approximate surface area is 117 Å². The number of halogens is 1. The van der Waals surface area contributed by atoms with Gasteiger partial charge in [0.25, 0.3) is 5.91 Å². The topological polar surface area (TPSA) is 20.3 Å². The SMILES string of the molecule is O=C(/C=C/c1ccc(F)cc1)N1CCc2ccccc21. The van der Waals surface area contributed by atoms with Gasteiger partial charge in [-0.25, -0.2) is 4.39 Å². The molecule has 0 N–H and O–H groups in total. The van der Waals surface area contributed by atoms with Crippen LogP contribution in [0.4, 0.5) is 10.1 Å². The minimum Gasteiger partial charge on any atom is -0.308 e. The van der Waals surface area contributed by atoms with Gasteiger partial charge in [-0.15, -0.1) is 0 Å². The normalized spacial score (nSPS) is 13.8. The van der Waals surface area contributed by atoms with Gasteiger partial charge >= 0.3 is 0 Å². The minimum absolute atomic E-state index is 0.0423. The maximum atomic E-state index is 12.8. The van der Waals surface area contributed by atoms with Crippen molar-refractivity contribution in [3.05, 3.63) is 71.6 Å². The van der Waals surface area contributed by atoms with Crippen LogP contribution in [0.1, 0.15) is 11.1 Å². The number of nitrogens with zero attached hydrogens (tertiary/aromatic N) is 1. The van der Waals surface area contributed by atoms with E-state index in [1.807, 2.05) is 24.3 Å². The number of anilines is 1. The molecule has 0 bridgehead atoms. The lowest BCUT2D eigenvalue weighted by atomic mass is 10.2. The van der Waals surface area contributed by atoms with Crippen molar-refractivity contribution >= 4 is 17.7 Å². The number of para-hydroxylation sites is 1. The zero-order chi connectivity index (χ0) is 13.9. The number of hydrogen-bond donors (Lipinski definition) is 0. The third-order valence-electron chi connectivity index (χ3n) is 3.44. The second-order valence-corrected chi connectivity index (χ2v) is 4.75. The van der Waals surface area contributed by atoms with E-state index in [4.69, 9.17) is 0 Å². The van der Waals surface area contributed by atoms with Crippen LogP contribution in [0.3, 0.4) is 0 Å². The van der Waals surface area contributed by atoms with Gasteiger partial charge in [0.15, 0.2) is 0 Å². The third kappa shape index (κ3) is 2.48. The van der Waals surface area contributed by atoms with Gasteiger partial charge in [-0.3, -0.25) is 4.79 Å². The lowest BCUT2D eigenvalue weighted by Crippen LogP contribution is -2.26. The molecule has 20 heavy (non-hydrogen) atoms. The zero-order valence-corrected chi connectivity index (χ0v) is 10.9. The number of fused-ring (bicyclic) bond motifs is 1. The predicted molar refractivity (Wildman–Crippen MR) is 77.9 cm³/mol. The van der Waals surface area contributed by atoms with E-state index in [2.05, 4.69) is 0 Å². The molecule has 0 unspecified atom stereocenters. The van der Waals surface area contributed by atoms with Crippen LogP contribution in [0.15, 0.2) is 54.6 Å². The first-order valence-electron chi connectivity index (χ1n) is 6.57. The third-order valence-corrected chi connectivity index (χ3v) is 3.44. The molecule has 1 heterocycles. The Bertz CT molecular complexity index is 661. The Morgan fingerprint density at radius 2 is 1.85 bits per heavy atom. The molecule has 0 saturated heterocycles. The fraction of sp³-hybridized carbons (Fsp3) is 0.118. The Morgan fingerprint density at radius 1 is 1.10 bits per heavy atom. The maximum absolute atomic E-state index is 12.8. The average molecular weight is 267 g/mol. The molecule has 100 valence electrons. The van der Waals surface area contributed by atoms with E-state index in [9.17, 15) is 9.18 Å². The molecule has 0 saturated carbocycles. The largest absolute Gasteiger partial charge is 0.308 e. The molecule has 2 aromatic rings. The zero-order valence-electron chi connectivity index (χ0n) is 10.9. The summed E-state index contributed by atoms with van der Waals surface area (Å²) in [4.78, 5) is 14.0. The van der Waals surface area contributed by atoms with Gasteiger partial charge in [0.1, 0.15) is 5.82 Å². The lowest BCUT2D eigenvalue weighted by molar-refractivity contribution is -0.114. The monoisotopic (exact) mass is 267 g/mol. The van der Waals surface area contributed by atoms with Crippen molar-refractivity contribution in [3.8, 4) is 0 Å². The predicted octanol–water partition coefficient (Wildman–Crippen LogP) is 3.43. The molecule has 0 atom stereocenters. The summed E-state index contributed by atoms with van der Waals surface area (Å²) in [5, 5.41) is 0. The summed E-state index contributed by atoms with van der Waals surface area (Å²) in [5.74, 6) is -0.318. The molecule has 0 spiro atoms. The van der Waals surface area contributed by atoms with Crippen LogP contribution in [0.5, 0.6) is 0 Å². The molecule has 0 aromatic heterocycles. The molecule has 2 nitrogen and oxygen atoms in total. The van der Waals surface area contributed by atoms with Crippen molar-refractivity contribution < 1.29 is 9.18 Å². The Balaban J connectivity index is 1.76. The van der Waals surface area contributed by atoms with Gasteiger partial charge in [0.2, 0.25) is 0 Å². The van der Waals surface area contributed by atoms with Gasteiger partial charge in [0.05, 0.1) is 0 Å². The standard InChI is InChI=1S/C17H14FNO/c18-15-8-5-13(6-9-15)7-10-17(20)19-12-11-14-3-1-2-4-16(14)19/h1-10H,11-12H2/b10-7+. The number of rotatable bonds is 2.